The van der Waals surface area contributed by atoms with E-state index in [4.69, 9.17) is 14.2 Å². The first-order chi connectivity index (χ1) is 11.2. The number of hydrogen-bond acceptors (Lipinski definition) is 7. The molecule has 0 saturated heterocycles. The molecule has 0 saturated carbocycles. The number of esters is 1. The number of para-hydroxylation sites is 1. The number of fused-ring (bicyclic) bond motifs is 1. The molecule has 0 amide bonds. The Balaban J connectivity index is 2.24. The summed E-state index contributed by atoms with van der Waals surface area (Å²) < 4.78 is 15.9. The highest BCUT2D eigenvalue weighted by atomic mass is 32.1. The monoisotopic (exact) mass is 330 g/mol. The highest BCUT2D eigenvalue weighted by Gasteiger charge is 2.20. The maximum absolute atomic E-state index is 12.0. The first kappa shape index (κ1) is 15.2. The van der Waals surface area contributed by atoms with Crippen LogP contribution in [0.2, 0.25) is 0 Å². The molecule has 0 radical (unpaired) electrons. The van der Waals surface area contributed by atoms with Crippen molar-refractivity contribution < 1.29 is 19.0 Å². The average molecular weight is 330 g/mol. The summed E-state index contributed by atoms with van der Waals surface area (Å²) in [5.41, 5.74) is 1.75. The van der Waals surface area contributed by atoms with Crippen LogP contribution in [0.15, 0.2) is 30.3 Å². The second-order valence-corrected chi connectivity index (χ2v) is 5.63. The van der Waals surface area contributed by atoms with Crippen LogP contribution in [0.4, 0.5) is 0 Å². The minimum Gasteiger partial charge on any atom is -0.496 e. The van der Waals surface area contributed by atoms with Gasteiger partial charge in [-0.1, -0.05) is 12.1 Å². The number of carbonyl (C=O) groups is 1. The highest BCUT2D eigenvalue weighted by molar-refractivity contribution is 7.22. The van der Waals surface area contributed by atoms with Gasteiger partial charge in [-0.25, -0.2) is 4.79 Å². The zero-order valence-electron chi connectivity index (χ0n) is 12.8. The molecule has 0 fully saturated rings. The second-order valence-electron chi connectivity index (χ2n) is 4.58. The smallest absolute Gasteiger partial charge is 0.358 e. The molecule has 0 bridgehead atoms. The van der Waals surface area contributed by atoms with Gasteiger partial charge in [0.05, 0.1) is 31.5 Å². The maximum atomic E-state index is 12.0. The number of thiophene rings is 1. The number of carbonyl (C=O) groups excluding carboxylic acids is 1. The van der Waals surface area contributed by atoms with E-state index >= 15 is 0 Å². The summed E-state index contributed by atoms with van der Waals surface area (Å²) in [5, 5.41) is 0. The minimum absolute atomic E-state index is 0.127. The van der Waals surface area contributed by atoms with Gasteiger partial charge >= 0.3 is 12.0 Å². The van der Waals surface area contributed by atoms with Gasteiger partial charge in [-0.3, -0.25) is 0 Å². The van der Waals surface area contributed by atoms with Crippen LogP contribution in [-0.2, 0) is 4.74 Å². The van der Waals surface area contributed by atoms with Gasteiger partial charge in [0.2, 0.25) is 0 Å². The zero-order valence-corrected chi connectivity index (χ0v) is 13.6. The third-order valence-corrected chi connectivity index (χ3v) is 4.45. The fourth-order valence-electron chi connectivity index (χ4n) is 2.22. The van der Waals surface area contributed by atoms with Crippen LogP contribution in [0, 0.1) is 0 Å². The van der Waals surface area contributed by atoms with Crippen LogP contribution in [0.5, 0.6) is 11.8 Å². The van der Waals surface area contributed by atoms with Crippen molar-refractivity contribution in [3.8, 4) is 22.2 Å². The highest BCUT2D eigenvalue weighted by Crippen LogP contribution is 2.39. The first-order valence-electron chi connectivity index (χ1n) is 6.75. The van der Waals surface area contributed by atoms with Crippen molar-refractivity contribution in [2.45, 2.75) is 0 Å². The largest absolute Gasteiger partial charge is 0.496 e. The number of hydrogen-bond donors (Lipinski definition) is 0. The van der Waals surface area contributed by atoms with Crippen molar-refractivity contribution in [3.05, 3.63) is 36.0 Å². The van der Waals surface area contributed by atoms with Crippen LogP contribution in [-0.4, -0.2) is 37.3 Å². The molecular weight excluding hydrogens is 316 g/mol. The fraction of sp³-hybridized carbons (Fsp3) is 0.188. The van der Waals surface area contributed by atoms with Crippen molar-refractivity contribution in [1.82, 2.24) is 9.97 Å². The lowest BCUT2D eigenvalue weighted by Crippen LogP contribution is -2.06. The van der Waals surface area contributed by atoms with Crippen LogP contribution in [0.3, 0.4) is 0 Å². The van der Waals surface area contributed by atoms with Gasteiger partial charge in [-0.15, -0.1) is 11.3 Å². The molecule has 0 atom stereocenters. The normalized spacial score (nSPS) is 10.6. The lowest BCUT2D eigenvalue weighted by Gasteiger charge is -2.05. The average Bonchev–Trinajstić information content (AvgIpc) is 3.03. The van der Waals surface area contributed by atoms with Crippen LogP contribution >= 0.6 is 11.3 Å². The molecule has 0 aliphatic rings. The SMILES string of the molecule is COC(=O)c1nc(OC)nc2cc(-c3ccccc3OC)sc12. The third kappa shape index (κ3) is 2.70. The van der Waals surface area contributed by atoms with Gasteiger partial charge in [-0.2, -0.15) is 9.97 Å². The number of benzene rings is 1. The predicted molar refractivity (Wildman–Crippen MR) is 87.3 cm³/mol. The summed E-state index contributed by atoms with van der Waals surface area (Å²) in [5.74, 6) is 0.225. The Bertz CT molecular complexity index is 876. The maximum Gasteiger partial charge on any atom is 0.358 e. The van der Waals surface area contributed by atoms with Crippen molar-refractivity contribution in [2.24, 2.45) is 0 Å². The quantitative estimate of drug-likeness (QED) is 0.684. The van der Waals surface area contributed by atoms with Gasteiger partial charge in [0, 0.05) is 10.4 Å². The van der Waals surface area contributed by atoms with E-state index in [0.29, 0.717) is 10.2 Å². The number of aromatic nitrogens is 2. The summed E-state index contributed by atoms with van der Waals surface area (Å²) in [6, 6.07) is 9.67. The molecule has 2 aromatic heterocycles. The van der Waals surface area contributed by atoms with E-state index in [1.807, 2.05) is 30.3 Å². The molecule has 7 heteroatoms. The van der Waals surface area contributed by atoms with E-state index < -0.39 is 5.97 Å². The molecule has 0 unspecified atom stereocenters. The van der Waals surface area contributed by atoms with Gasteiger partial charge < -0.3 is 14.2 Å². The number of nitrogens with zero attached hydrogens (tertiary/aromatic N) is 2. The zero-order chi connectivity index (χ0) is 16.4. The third-order valence-electron chi connectivity index (χ3n) is 3.28. The topological polar surface area (TPSA) is 70.5 Å². The van der Waals surface area contributed by atoms with Crippen LogP contribution in [0.25, 0.3) is 20.7 Å². The summed E-state index contributed by atoms with van der Waals surface area (Å²) in [6.45, 7) is 0. The van der Waals surface area contributed by atoms with Crippen molar-refractivity contribution in [1.29, 1.82) is 0 Å². The van der Waals surface area contributed by atoms with Crippen LogP contribution in [0.1, 0.15) is 10.5 Å². The standard InChI is InChI=1S/C16H14N2O4S/c1-20-11-7-5-4-6-9(11)12-8-10-14(23-12)13(15(19)21-2)18-16(17-10)22-3/h4-8H,1-3H3. The van der Waals surface area contributed by atoms with Gasteiger partial charge in [0.15, 0.2) is 5.69 Å². The Morgan fingerprint density at radius 2 is 1.87 bits per heavy atom. The molecule has 118 valence electrons. The van der Waals surface area contributed by atoms with Crippen molar-refractivity contribution in [2.75, 3.05) is 21.3 Å². The van der Waals surface area contributed by atoms with E-state index in [0.717, 1.165) is 16.2 Å². The molecule has 23 heavy (non-hydrogen) atoms. The lowest BCUT2D eigenvalue weighted by atomic mass is 10.1. The molecule has 0 spiro atoms. The van der Waals surface area contributed by atoms with E-state index in [1.165, 1.54) is 25.6 Å². The Labute approximate surface area is 136 Å². The Hall–Kier alpha value is -2.67. The molecule has 3 aromatic rings. The minimum atomic E-state index is -0.524. The molecule has 0 N–H and O–H groups in total. The molecule has 1 aromatic carbocycles. The van der Waals surface area contributed by atoms with Gasteiger partial charge in [0.25, 0.3) is 0 Å². The Morgan fingerprint density at radius 1 is 1.09 bits per heavy atom. The fourth-order valence-corrected chi connectivity index (χ4v) is 3.32. The predicted octanol–water partition coefficient (Wildman–Crippen LogP) is 3.16. The number of ether oxygens (including phenoxy) is 3. The Morgan fingerprint density at radius 3 is 2.57 bits per heavy atom. The molecule has 0 aliphatic heterocycles. The van der Waals surface area contributed by atoms with Crippen molar-refractivity contribution >= 4 is 27.5 Å². The molecular formula is C16H14N2O4S. The van der Waals surface area contributed by atoms with Crippen LogP contribution < -0.4 is 9.47 Å². The summed E-state index contributed by atoms with van der Waals surface area (Å²) in [4.78, 5) is 21.3. The van der Waals surface area contributed by atoms with Gasteiger partial charge in [-0.05, 0) is 18.2 Å². The van der Waals surface area contributed by atoms with Gasteiger partial charge in [0.1, 0.15) is 5.75 Å². The Kier molecular flexibility index (Phi) is 4.12. The van der Waals surface area contributed by atoms with E-state index in [9.17, 15) is 4.79 Å². The first-order valence-corrected chi connectivity index (χ1v) is 7.57. The second kappa shape index (κ2) is 6.21. The summed E-state index contributed by atoms with van der Waals surface area (Å²) in [6.07, 6.45) is 0. The molecule has 3 rings (SSSR count). The van der Waals surface area contributed by atoms with E-state index in [-0.39, 0.29) is 11.7 Å². The molecule has 6 nitrogen and oxygen atoms in total. The summed E-state index contributed by atoms with van der Waals surface area (Å²) >= 11 is 1.41. The number of rotatable bonds is 4. The van der Waals surface area contributed by atoms with E-state index in [2.05, 4.69) is 9.97 Å². The summed E-state index contributed by atoms with van der Waals surface area (Å²) in [7, 11) is 4.39. The molecule has 0 aliphatic carbocycles. The lowest BCUT2D eigenvalue weighted by molar-refractivity contribution is 0.0595. The van der Waals surface area contributed by atoms with E-state index in [1.54, 1.807) is 7.11 Å². The number of methoxy groups -OCH3 is 3. The van der Waals surface area contributed by atoms with Crippen molar-refractivity contribution in [3.63, 3.8) is 0 Å². The molecule has 2 heterocycles.